The number of hydrogen-bond donors (Lipinski definition) is 2. The molecule has 0 aliphatic carbocycles. The third-order valence-electron chi connectivity index (χ3n) is 4.02. The minimum atomic E-state index is -0.571. The fraction of sp³-hybridized carbons (Fsp3) is 0.500. The molecule has 7 nitrogen and oxygen atoms in total. The molecule has 0 spiro atoms. The predicted octanol–water partition coefficient (Wildman–Crippen LogP) is 1.35. The van der Waals surface area contributed by atoms with Crippen LogP contribution < -0.4 is 15.8 Å². The first-order chi connectivity index (χ1) is 11.1. The Balaban J connectivity index is 0.00000288. The fourth-order valence-electron chi connectivity index (χ4n) is 2.39. The lowest BCUT2D eigenvalue weighted by molar-refractivity contribution is -0.142. The highest BCUT2D eigenvalue weighted by Gasteiger charge is 2.38. The molecule has 1 aliphatic rings. The minimum Gasteiger partial charge on any atom is -0.482 e. The topological polar surface area (TPSA) is 99.9 Å². The number of carbonyl (C=O) groups is 2. The van der Waals surface area contributed by atoms with E-state index in [2.05, 4.69) is 10.1 Å². The number of nitrogens with one attached hydrogen (secondary N) is 1. The summed E-state index contributed by atoms with van der Waals surface area (Å²) in [5.41, 5.74) is 5.90. The van der Waals surface area contributed by atoms with Gasteiger partial charge in [-0.15, -0.1) is 12.4 Å². The van der Waals surface area contributed by atoms with E-state index in [1.807, 2.05) is 0 Å². The van der Waals surface area contributed by atoms with E-state index in [0.717, 1.165) is 0 Å². The highest BCUT2D eigenvalue weighted by Crippen LogP contribution is 2.31. The number of methoxy groups -OCH3 is 1. The van der Waals surface area contributed by atoms with Crippen molar-refractivity contribution in [3.05, 3.63) is 24.3 Å². The van der Waals surface area contributed by atoms with E-state index in [-0.39, 0.29) is 24.9 Å². The first-order valence-corrected chi connectivity index (χ1v) is 7.48. The van der Waals surface area contributed by atoms with Gasteiger partial charge in [-0.1, -0.05) is 0 Å². The number of halogens is 1. The van der Waals surface area contributed by atoms with Crippen molar-refractivity contribution in [1.82, 2.24) is 0 Å². The van der Waals surface area contributed by atoms with Crippen LogP contribution in [-0.2, 0) is 19.1 Å². The van der Waals surface area contributed by atoms with Crippen LogP contribution in [0.15, 0.2) is 24.3 Å². The molecule has 134 valence electrons. The van der Waals surface area contributed by atoms with Crippen LogP contribution in [0.4, 0.5) is 5.69 Å². The molecule has 0 bridgehead atoms. The number of rotatable bonds is 6. The molecular formula is C16H23ClN2O5. The molecule has 0 atom stereocenters. The van der Waals surface area contributed by atoms with Gasteiger partial charge in [0.1, 0.15) is 5.75 Å². The Morgan fingerprint density at radius 3 is 2.42 bits per heavy atom. The number of hydrogen-bond acceptors (Lipinski definition) is 6. The van der Waals surface area contributed by atoms with Crippen LogP contribution in [0.3, 0.4) is 0 Å². The Morgan fingerprint density at radius 1 is 1.25 bits per heavy atom. The highest BCUT2D eigenvalue weighted by molar-refractivity contribution is 5.95. The van der Waals surface area contributed by atoms with Gasteiger partial charge in [-0.05, 0) is 37.1 Å². The molecule has 24 heavy (non-hydrogen) atoms. The van der Waals surface area contributed by atoms with Crippen molar-refractivity contribution in [2.45, 2.75) is 12.8 Å². The molecule has 1 fully saturated rings. The third kappa shape index (κ3) is 5.09. The number of ether oxygens (including phenoxy) is 3. The zero-order valence-corrected chi connectivity index (χ0v) is 14.4. The van der Waals surface area contributed by atoms with E-state index < -0.39 is 11.4 Å². The Kier molecular flexibility index (Phi) is 7.97. The average Bonchev–Trinajstić information content (AvgIpc) is 2.61. The zero-order chi connectivity index (χ0) is 16.7. The standard InChI is InChI=1S/C16H22N2O5.ClH/c1-21-14(19)10-23-13-4-2-12(3-5-13)18-15(20)16(11-17)6-8-22-9-7-16;/h2-5H,6-11,17H2,1H3,(H,18,20);1H. The van der Waals surface area contributed by atoms with Gasteiger partial charge in [0.25, 0.3) is 0 Å². The maximum Gasteiger partial charge on any atom is 0.343 e. The van der Waals surface area contributed by atoms with Crippen LogP contribution in [0.1, 0.15) is 12.8 Å². The number of anilines is 1. The summed E-state index contributed by atoms with van der Waals surface area (Å²) in [4.78, 5) is 23.5. The van der Waals surface area contributed by atoms with E-state index in [0.29, 0.717) is 44.0 Å². The number of carbonyl (C=O) groups excluding carboxylic acids is 2. The molecule has 1 amide bonds. The van der Waals surface area contributed by atoms with Gasteiger partial charge in [-0.25, -0.2) is 4.79 Å². The van der Waals surface area contributed by atoms with Crippen LogP contribution in [0.5, 0.6) is 5.75 Å². The molecule has 3 N–H and O–H groups in total. The maximum atomic E-state index is 12.5. The summed E-state index contributed by atoms with van der Waals surface area (Å²) in [5, 5.41) is 2.88. The summed E-state index contributed by atoms with van der Waals surface area (Å²) in [6.07, 6.45) is 1.24. The van der Waals surface area contributed by atoms with Gasteiger partial charge in [-0.3, -0.25) is 4.79 Å². The second-order valence-electron chi connectivity index (χ2n) is 5.44. The second kappa shape index (κ2) is 9.46. The number of benzene rings is 1. The third-order valence-corrected chi connectivity index (χ3v) is 4.02. The van der Waals surface area contributed by atoms with Gasteiger partial charge in [0.15, 0.2) is 6.61 Å². The SMILES string of the molecule is COC(=O)COc1ccc(NC(=O)C2(CN)CCOCC2)cc1.Cl. The van der Waals surface area contributed by atoms with Crippen molar-refractivity contribution in [2.24, 2.45) is 11.1 Å². The molecule has 0 saturated carbocycles. The van der Waals surface area contributed by atoms with E-state index in [4.69, 9.17) is 15.2 Å². The number of esters is 1. The molecule has 1 aliphatic heterocycles. The normalized spacial score (nSPS) is 15.8. The quantitative estimate of drug-likeness (QED) is 0.745. The van der Waals surface area contributed by atoms with Crippen LogP contribution in [-0.4, -0.2) is 45.4 Å². The summed E-state index contributed by atoms with van der Waals surface area (Å²) in [5.74, 6) is -0.0219. The largest absolute Gasteiger partial charge is 0.482 e. The van der Waals surface area contributed by atoms with E-state index in [1.165, 1.54) is 7.11 Å². The van der Waals surface area contributed by atoms with E-state index in [1.54, 1.807) is 24.3 Å². The van der Waals surface area contributed by atoms with E-state index >= 15 is 0 Å². The Labute approximate surface area is 147 Å². The number of nitrogens with two attached hydrogens (primary N) is 1. The molecule has 0 aromatic heterocycles. The second-order valence-corrected chi connectivity index (χ2v) is 5.44. The molecule has 1 saturated heterocycles. The Morgan fingerprint density at radius 2 is 1.88 bits per heavy atom. The lowest BCUT2D eigenvalue weighted by Gasteiger charge is -2.34. The molecule has 8 heteroatoms. The zero-order valence-electron chi connectivity index (χ0n) is 13.6. The van der Waals surface area contributed by atoms with Gasteiger partial charge < -0.3 is 25.3 Å². The first kappa shape index (κ1) is 20.2. The lowest BCUT2D eigenvalue weighted by Crippen LogP contribution is -2.46. The maximum absolute atomic E-state index is 12.5. The van der Waals surface area contributed by atoms with Gasteiger partial charge in [0.05, 0.1) is 12.5 Å². The molecule has 1 heterocycles. The van der Waals surface area contributed by atoms with Crippen LogP contribution in [0.25, 0.3) is 0 Å². The van der Waals surface area contributed by atoms with Crippen molar-refractivity contribution in [3.8, 4) is 5.75 Å². The number of amides is 1. The summed E-state index contributed by atoms with van der Waals surface area (Å²) in [7, 11) is 1.30. The van der Waals surface area contributed by atoms with Crippen molar-refractivity contribution < 1.29 is 23.8 Å². The van der Waals surface area contributed by atoms with Crippen molar-refractivity contribution >= 4 is 30.0 Å². The lowest BCUT2D eigenvalue weighted by atomic mass is 9.79. The van der Waals surface area contributed by atoms with Crippen LogP contribution >= 0.6 is 12.4 Å². The van der Waals surface area contributed by atoms with Gasteiger partial charge in [-0.2, -0.15) is 0 Å². The van der Waals surface area contributed by atoms with Gasteiger partial charge in [0.2, 0.25) is 5.91 Å². The van der Waals surface area contributed by atoms with Crippen LogP contribution in [0, 0.1) is 5.41 Å². The van der Waals surface area contributed by atoms with Crippen molar-refractivity contribution in [2.75, 3.05) is 38.8 Å². The molecule has 1 aromatic carbocycles. The van der Waals surface area contributed by atoms with Crippen molar-refractivity contribution in [3.63, 3.8) is 0 Å². The Hall–Kier alpha value is -1.83. The highest BCUT2D eigenvalue weighted by atomic mass is 35.5. The molecule has 2 rings (SSSR count). The average molecular weight is 359 g/mol. The minimum absolute atomic E-state index is 0. The van der Waals surface area contributed by atoms with Gasteiger partial charge in [0, 0.05) is 25.4 Å². The smallest absolute Gasteiger partial charge is 0.343 e. The van der Waals surface area contributed by atoms with Gasteiger partial charge >= 0.3 is 5.97 Å². The summed E-state index contributed by atoms with van der Waals surface area (Å²) in [6.45, 7) is 1.23. The van der Waals surface area contributed by atoms with Crippen LogP contribution in [0.2, 0.25) is 0 Å². The first-order valence-electron chi connectivity index (χ1n) is 7.48. The summed E-state index contributed by atoms with van der Waals surface area (Å²) < 4.78 is 15.1. The van der Waals surface area contributed by atoms with E-state index in [9.17, 15) is 9.59 Å². The molecule has 1 aromatic rings. The fourth-order valence-corrected chi connectivity index (χ4v) is 2.39. The molecule has 0 unspecified atom stereocenters. The molecule has 0 radical (unpaired) electrons. The van der Waals surface area contributed by atoms with Crippen molar-refractivity contribution in [1.29, 1.82) is 0 Å². The molecular weight excluding hydrogens is 336 g/mol. The summed E-state index contributed by atoms with van der Waals surface area (Å²) >= 11 is 0. The predicted molar refractivity (Wildman–Crippen MR) is 91.4 cm³/mol. The Bertz CT molecular complexity index is 544. The summed E-state index contributed by atoms with van der Waals surface area (Å²) in [6, 6.07) is 6.79. The monoisotopic (exact) mass is 358 g/mol.